The van der Waals surface area contributed by atoms with E-state index in [0.29, 0.717) is 18.4 Å². The third-order valence-electron chi connectivity index (χ3n) is 8.64. The minimum Gasteiger partial charge on any atom is -0.481 e. The van der Waals surface area contributed by atoms with Crippen molar-refractivity contribution < 1.29 is 34.2 Å². The molecule has 2 aliphatic heterocycles. The van der Waals surface area contributed by atoms with Crippen molar-refractivity contribution in [2.75, 3.05) is 0 Å². The molecule has 0 unspecified atom stereocenters. The molecule has 47 heavy (non-hydrogen) atoms. The van der Waals surface area contributed by atoms with Crippen molar-refractivity contribution in [1.82, 2.24) is 25.8 Å². The number of hydrogen-bond acceptors (Lipinski definition) is 7. The number of pyridine rings is 1. The van der Waals surface area contributed by atoms with Crippen LogP contribution in [-0.4, -0.2) is 86.0 Å². The van der Waals surface area contributed by atoms with Crippen LogP contribution in [0.5, 0.6) is 0 Å². The lowest BCUT2D eigenvalue weighted by Gasteiger charge is -2.38. The summed E-state index contributed by atoms with van der Waals surface area (Å²) in [7, 11) is 0. The number of nitrogens with zero attached hydrogens (tertiary/aromatic N) is 2. The number of aliphatic hydroxyl groups excluding tert-OH is 1. The van der Waals surface area contributed by atoms with E-state index in [1.54, 1.807) is 24.5 Å². The summed E-state index contributed by atoms with van der Waals surface area (Å²) in [6.07, 6.45) is 2.98. The number of hydrogen-bond donors (Lipinski definition) is 5. The molecule has 3 aromatic rings. The Bertz CT molecular complexity index is 1560. The lowest BCUT2D eigenvalue weighted by Crippen LogP contribution is -2.61. The van der Waals surface area contributed by atoms with Crippen molar-refractivity contribution in [3.8, 4) is 0 Å². The van der Waals surface area contributed by atoms with E-state index in [1.165, 1.54) is 4.90 Å². The Balaban J connectivity index is 1.30. The van der Waals surface area contributed by atoms with Crippen LogP contribution in [0.15, 0.2) is 85.2 Å². The third-order valence-corrected chi connectivity index (χ3v) is 8.64. The van der Waals surface area contributed by atoms with Gasteiger partial charge in [-0.2, -0.15) is 0 Å². The highest BCUT2D eigenvalue weighted by Crippen LogP contribution is 2.33. The normalized spacial score (nSPS) is 21.6. The van der Waals surface area contributed by atoms with E-state index >= 15 is 0 Å². The van der Waals surface area contributed by atoms with Gasteiger partial charge in [0.25, 0.3) is 0 Å². The van der Waals surface area contributed by atoms with Crippen LogP contribution in [0.2, 0.25) is 0 Å². The number of aliphatic hydroxyl groups is 1. The maximum absolute atomic E-state index is 13.8. The van der Waals surface area contributed by atoms with Crippen LogP contribution in [0.25, 0.3) is 0 Å². The number of aromatic nitrogens is 1. The number of carboxylic acid groups (broad SMARTS) is 1. The molecular weight excluding hydrogens is 602 g/mol. The minimum absolute atomic E-state index is 0.0240. The van der Waals surface area contributed by atoms with E-state index < -0.39 is 60.0 Å². The predicted octanol–water partition coefficient (Wildman–Crippen LogP) is 1.16. The first-order valence-corrected chi connectivity index (χ1v) is 15.8. The molecule has 0 aliphatic carbocycles. The molecule has 0 saturated carbocycles. The molecule has 246 valence electrons. The first-order chi connectivity index (χ1) is 22.7. The van der Waals surface area contributed by atoms with Crippen molar-refractivity contribution in [1.29, 1.82) is 0 Å². The Morgan fingerprint density at radius 3 is 2.21 bits per heavy atom. The van der Waals surface area contributed by atoms with Crippen LogP contribution in [0.3, 0.4) is 0 Å². The lowest BCUT2D eigenvalue weighted by molar-refractivity contribution is -0.147. The van der Waals surface area contributed by atoms with Gasteiger partial charge >= 0.3 is 5.97 Å². The van der Waals surface area contributed by atoms with E-state index in [2.05, 4.69) is 20.9 Å². The monoisotopic (exact) mass is 641 g/mol. The summed E-state index contributed by atoms with van der Waals surface area (Å²) in [4.78, 5) is 71.1. The Kier molecular flexibility index (Phi) is 10.9. The molecule has 4 amide bonds. The van der Waals surface area contributed by atoms with Crippen LogP contribution in [0.4, 0.5) is 0 Å². The van der Waals surface area contributed by atoms with Crippen molar-refractivity contribution in [3.63, 3.8) is 0 Å². The fourth-order valence-electron chi connectivity index (χ4n) is 6.42. The van der Waals surface area contributed by atoms with Gasteiger partial charge in [0.05, 0.1) is 25.0 Å². The first-order valence-electron chi connectivity index (χ1n) is 15.8. The largest absolute Gasteiger partial charge is 0.481 e. The molecule has 6 atom stereocenters. The molecule has 5 rings (SSSR count). The molecule has 0 spiro atoms. The summed E-state index contributed by atoms with van der Waals surface area (Å²) < 4.78 is 0. The highest BCUT2D eigenvalue weighted by atomic mass is 16.4. The van der Waals surface area contributed by atoms with Gasteiger partial charge in [-0.15, -0.1) is 0 Å². The smallest absolute Gasteiger partial charge is 0.305 e. The highest BCUT2D eigenvalue weighted by Gasteiger charge is 2.51. The summed E-state index contributed by atoms with van der Waals surface area (Å²) in [5.74, 6) is -3.09. The van der Waals surface area contributed by atoms with Gasteiger partial charge < -0.3 is 31.1 Å². The quantitative estimate of drug-likeness (QED) is 0.185. The summed E-state index contributed by atoms with van der Waals surface area (Å²) in [6, 6.07) is 17.3. The van der Waals surface area contributed by atoms with Gasteiger partial charge in [-0.3, -0.25) is 29.0 Å². The van der Waals surface area contributed by atoms with Crippen molar-refractivity contribution in [3.05, 3.63) is 102 Å². The standard InChI is InChI=1S/C35H39N5O7/c41-30-20-29(40-28(30)14-13-26(35(40)47)38-31(42)18-23-10-5-2-6-11-23)34(46)39-27(17-24-12-7-15-36-21-24)33(45)37-25(19-32(43)44)16-22-8-3-1-4-9-22/h1-12,15,21,25-30,41H,13-14,16-20H2,(H,37,45)(H,38,42)(H,39,46)(H,43,44)/t25-,26-,27-,28+,29-,30+/m0/s1. The van der Waals surface area contributed by atoms with Crippen LogP contribution < -0.4 is 16.0 Å². The number of nitrogens with one attached hydrogen (secondary N) is 3. The van der Waals surface area contributed by atoms with Crippen molar-refractivity contribution in [2.24, 2.45) is 0 Å². The van der Waals surface area contributed by atoms with E-state index in [1.807, 2.05) is 60.7 Å². The van der Waals surface area contributed by atoms with Crippen molar-refractivity contribution in [2.45, 2.75) is 81.3 Å². The number of rotatable bonds is 13. The topological polar surface area (TPSA) is 178 Å². The summed E-state index contributed by atoms with van der Waals surface area (Å²) in [6.45, 7) is 0. The van der Waals surface area contributed by atoms with Gasteiger partial charge in [0.1, 0.15) is 18.1 Å². The molecule has 12 heteroatoms. The average molecular weight is 642 g/mol. The van der Waals surface area contributed by atoms with Gasteiger partial charge in [-0.05, 0) is 42.0 Å². The molecular formula is C35H39N5O7. The number of piperidine rings is 1. The molecule has 2 aromatic carbocycles. The zero-order chi connectivity index (χ0) is 33.3. The van der Waals surface area contributed by atoms with Crippen LogP contribution in [-0.2, 0) is 43.2 Å². The van der Waals surface area contributed by atoms with Crippen LogP contribution in [0, 0.1) is 0 Å². The zero-order valence-electron chi connectivity index (χ0n) is 25.8. The minimum atomic E-state index is -1.13. The Labute approximate surface area is 272 Å². The van der Waals surface area contributed by atoms with Gasteiger partial charge in [-0.1, -0.05) is 66.7 Å². The van der Waals surface area contributed by atoms with E-state index in [0.717, 1.165) is 11.1 Å². The van der Waals surface area contributed by atoms with Crippen LogP contribution >= 0.6 is 0 Å². The fraction of sp³-hybridized carbons (Fsp3) is 0.371. The average Bonchev–Trinajstić information content (AvgIpc) is 3.40. The van der Waals surface area contributed by atoms with Gasteiger partial charge in [0.15, 0.2) is 0 Å². The predicted molar refractivity (Wildman–Crippen MR) is 171 cm³/mol. The summed E-state index contributed by atoms with van der Waals surface area (Å²) >= 11 is 0. The van der Waals surface area contributed by atoms with E-state index in [4.69, 9.17) is 0 Å². The lowest BCUT2D eigenvalue weighted by atomic mass is 9.96. The van der Waals surface area contributed by atoms with E-state index in [9.17, 15) is 34.2 Å². The maximum Gasteiger partial charge on any atom is 0.305 e. The summed E-state index contributed by atoms with van der Waals surface area (Å²) in [5.41, 5.74) is 2.30. The van der Waals surface area contributed by atoms with Gasteiger partial charge in [0.2, 0.25) is 23.6 Å². The molecule has 3 heterocycles. The molecule has 5 N–H and O–H groups in total. The number of amides is 4. The second kappa shape index (κ2) is 15.5. The molecule has 1 aromatic heterocycles. The second-order valence-corrected chi connectivity index (χ2v) is 12.1. The number of carbonyl (C=O) groups is 5. The number of carbonyl (C=O) groups excluding carboxylic acids is 4. The molecule has 0 bridgehead atoms. The summed E-state index contributed by atoms with van der Waals surface area (Å²) in [5, 5.41) is 28.7. The molecule has 12 nitrogen and oxygen atoms in total. The highest BCUT2D eigenvalue weighted by molar-refractivity contribution is 5.95. The molecule has 2 aliphatic rings. The zero-order valence-corrected chi connectivity index (χ0v) is 25.8. The number of fused-ring (bicyclic) bond motifs is 1. The van der Waals surface area contributed by atoms with E-state index in [-0.39, 0.29) is 38.0 Å². The Morgan fingerprint density at radius 1 is 0.872 bits per heavy atom. The second-order valence-electron chi connectivity index (χ2n) is 12.1. The fourth-order valence-corrected chi connectivity index (χ4v) is 6.42. The Morgan fingerprint density at radius 2 is 1.55 bits per heavy atom. The van der Waals surface area contributed by atoms with Crippen LogP contribution in [0.1, 0.15) is 42.4 Å². The molecule has 0 radical (unpaired) electrons. The number of aliphatic carboxylic acids is 1. The number of benzene rings is 2. The molecule has 2 saturated heterocycles. The van der Waals surface area contributed by atoms with Gasteiger partial charge in [-0.25, -0.2) is 0 Å². The number of carboxylic acids is 1. The maximum atomic E-state index is 13.8. The Hall–Kier alpha value is -5.10. The molecule has 2 fully saturated rings. The first kappa shape index (κ1) is 33.3. The third kappa shape index (κ3) is 8.79. The SMILES string of the molecule is O=C(O)C[C@H](Cc1ccccc1)NC(=O)[C@H](Cc1cccnc1)NC(=O)[C@@H]1C[C@@H](O)[C@H]2CC[C@H](NC(=O)Cc3ccccc3)C(=O)N21. The van der Waals surface area contributed by atoms with Crippen molar-refractivity contribution >= 4 is 29.6 Å². The van der Waals surface area contributed by atoms with Gasteiger partial charge in [0, 0.05) is 31.3 Å².